The summed E-state index contributed by atoms with van der Waals surface area (Å²) in [5, 5.41) is 0. The van der Waals surface area contributed by atoms with Crippen LogP contribution in [0.2, 0.25) is 0 Å². The second-order valence-electron chi connectivity index (χ2n) is 4.36. The Hall–Kier alpha value is -1.64. The molecule has 0 unspecified atom stereocenters. The second-order valence-corrected chi connectivity index (χ2v) is 4.36. The lowest BCUT2D eigenvalue weighted by atomic mass is 9.98. The first-order valence-corrected chi connectivity index (χ1v) is 5.98. The summed E-state index contributed by atoms with van der Waals surface area (Å²) >= 11 is 0. The number of halogens is 1. The molecule has 1 aliphatic rings. The minimum absolute atomic E-state index is 0.0392. The summed E-state index contributed by atoms with van der Waals surface area (Å²) in [6, 6.07) is 4.39. The van der Waals surface area contributed by atoms with Gasteiger partial charge in [0.05, 0.1) is 5.69 Å². The molecule has 0 saturated heterocycles. The van der Waals surface area contributed by atoms with E-state index < -0.39 is 5.82 Å². The van der Waals surface area contributed by atoms with Gasteiger partial charge in [0.15, 0.2) is 5.78 Å². The van der Waals surface area contributed by atoms with E-state index in [0.717, 1.165) is 37.7 Å². The van der Waals surface area contributed by atoms with E-state index in [0.29, 0.717) is 0 Å². The number of allylic oxidation sites excluding steroid dienone is 2. The fourth-order valence-corrected chi connectivity index (χ4v) is 2.13. The molecule has 0 heterocycles. The largest absolute Gasteiger partial charge is 0.396 e. The van der Waals surface area contributed by atoms with Gasteiger partial charge in [0.25, 0.3) is 0 Å². The van der Waals surface area contributed by atoms with Crippen LogP contribution in [0, 0.1) is 5.82 Å². The number of anilines is 1. The maximum Gasteiger partial charge on any atom is 0.190 e. The van der Waals surface area contributed by atoms with Crippen molar-refractivity contribution < 1.29 is 9.18 Å². The highest BCUT2D eigenvalue weighted by molar-refractivity contribution is 6.11. The number of ketones is 1. The first kappa shape index (κ1) is 11.8. The zero-order chi connectivity index (χ0) is 12.3. The maximum atomic E-state index is 13.3. The molecule has 0 fully saturated rings. The van der Waals surface area contributed by atoms with Gasteiger partial charge < -0.3 is 5.73 Å². The molecular weight excluding hydrogens is 217 g/mol. The van der Waals surface area contributed by atoms with E-state index in [1.165, 1.54) is 12.1 Å². The topological polar surface area (TPSA) is 43.1 Å². The Balaban J connectivity index is 2.30. The van der Waals surface area contributed by atoms with Gasteiger partial charge in [0, 0.05) is 5.56 Å². The standard InChI is InChI=1S/C14H16FNO/c15-12-9-5-8-11(13(12)16)14(17)10-6-3-1-2-4-7-10/h5-6,8-9H,1-4,7,16H2. The summed E-state index contributed by atoms with van der Waals surface area (Å²) in [5.41, 5.74) is 6.63. The van der Waals surface area contributed by atoms with Gasteiger partial charge in [-0.3, -0.25) is 4.79 Å². The van der Waals surface area contributed by atoms with Crippen LogP contribution < -0.4 is 5.73 Å². The first-order chi connectivity index (χ1) is 8.20. The molecule has 2 nitrogen and oxygen atoms in total. The molecule has 3 heteroatoms. The molecule has 0 spiro atoms. The zero-order valence-electron chi connectivity index (χ0n) is 9.71. The fourth-order valence-electron chi connectivity index (χ4n) is 2.13. The van der Waals surface area contributed by atoms with Gasteiger partial charge in [-0.1, -0.05) is 18.6 Å². The van der Waals surface area contributed by atoms with Crippen LogP contribution in [-0.2, 0) is 0 Å². The number of carbonyl (C=O) groups is 1. The summed E-state index contributed by atoms with van der Waals surface area (Å²) in [6.45, 7) is 0. The normalized spacial score (nSPS) is 16.2. The van der Waals surface area contributed by atoms with E-state index in [1.54, 1.807) is 6.07 Å². The van der Waals surface area contributed by atoms with E-state index in [2.05, 4.69) is 0 Å². The van der Waals surface area contributed by atoms with Crippen LogP contribution in [0.3, 0.4) is 0 Å². The van der Waals surface area contributed by atoms with Crippen LogP contribution in [0.25, 0.3) is 0 Å². The van der Waals surface area contributed by atoms with Gasteiger partial charge in [-0.15, -0.1) is 0 Å². The van der Waals surface area contributed by atoms with Crippen LogP contribution >= 0.6 is 0 Å². The Morgan fingerprint density at radius 2 is 2.06 bits per heavy atom. The lowest BCUT2D eigenvalue weighted by Crippen LogP contribution is -2.08. The van der Waals surface area contributed by atoms with E-state index in [9.17, 15) is 9.18 Å². The number of Topliss-reactive ketones (excluding diaryl/α,β-unsaturated/α-hetero) is 1. The van der Waals surface area contributed by atoms with Crippen molar-refractivity contribution in [2.24, 2.45) is 0 Å². The third-order valence-corrected chi connectivity index (χ3v) is 3.13. The predicted octanol–water partition coefficient (Wildman–Crippen LogP) is 3.48. The van der Waals surface area contributed by atoms with Gasteiger partial charge in [-0.2, -0.15) is 0 Å². The molecule has 0 bridgehead atoms. The number of nitrogen functional groups attached to an aromatic ring is 1. The molecule has 0 radical (unpaired) electrons. The molecule has 0 aliphatic heterocycles. The van der Waals surface area contributed by atoms with Crippen LogP contribution in [0.5, 0.6) is 0 Å². The van der Waals surface area contributed by atoms with Crippen molar-refractivity contribution in [1.29, 1.82) is 0 Å². The second kappa shape index (κ2) is 5.13. The Kier molecular flexibility index (Phi) is 3.57. The van der Waals surface area contributed by atoms with Gasteiger partial charge in [-0.05, 0) is 43.4 Å². The zero-order valence-corrected chi connectivity index (χ0v) is 9.71. The Morgan fingerprint density at radius 1 is 1.24 bits per heavy atom. The van der Waals surface area contributed by atoms with Gasteiger partial charge >= 0.3 is 0 Å². The van der Waals surface area contributed by atoms with Gasteiger partial charge in [-0.25, -0.2) is 4.39 Å². The number of benzene rings is 1. The number of hydrogen-bond donors (Lipinski definition) is 1. The molecule has 1 aromatic rings. The predicted molar refractivity (Wildman–Crippen MR) is 66.3 cm³/mol. The van der Waals surface area contributed by atoms with Crippen molar-refractivity contribution in [2.45, 2.75) is 32.1 Å². The summed E-state index contributed by atoms with van der Waals surface area (Å²) < 4.78 is 13.3. The molecule has 0 aromatic heterocycles. The van der Waals surface area contributed by atoms with Crippen molar-refractivity contribution in [3.63, 3.8) is 0 Å². The van der Waals surface area contributed by atoms with Crippen molar-refractivity contribution >= 4 is 11.5 Å². The molecule has 2 N–H and O–H groups in total. The third kappa shape index (κ3) is 2.54. The van der Waals surface area contributed by atoms with Crippen LogP contribution in [0.15, 0.2) is 29.8 Å². The Morgan fingerprint density at radius 3 is 2.88 bits per heavy atom. The lowest BCUT2D eigenvalue weighted by molar-refractivity contribution is 0.103. The number of rotatable bonds is 2. The Bertz CT molecular complexity index is 465. The van der Waals surface area contributed by atoms with Gasteiger partial charge in [0.2, 0.25) is 0 Å². The number of carbonyl (C=O) groups excluding carboxylic acids is 1. The van der Waals surface area contributed by atoms with E-state index in [4.69, 9.17) is 5.73 Å². The molecule has 1 aromatic carbocycles. The smallest absolute Gasteiger partial charge is 0.190 e. The van der Waals surface area contributed by atoms with E-state index >= 15 is 0 Å². The van der Waals surface area contributed by atoms with E-state index in [-0.39, 0.29) is 17.0 Å². The summed E-state index contributed by atoms with van der Waals surface area (Å²) in [6.07, 6.45) is 6.96. The minimum atomic E-state index is -0.523. The van der Waals surface area contributed by atoms with Crippen LogP contribution in [0.1, 0.15) is 42.5 Å². The first-order valence-electron chi connectivity index (χ1n) is 5.98. The average Bonchev–Trinajstić information content (AvgIpc) is 2.60. The van der Waals surface area contributed by atoms with E-state index in [1.807, 2.05) is 6.08 Å². The monoisotopic (exact) mass is 233 g/mol. The number of hydrogen-bond acceptors (Lipinski definition) is 2. The molecule has 90 valence electrons. The molecule has 17 heavy (non-hydrogen) atoms. The fraction of sp³-hybridized carbons (Fsp3) is 0.357. The number of para-hydroxylation sites is 1. The SMILES string of the molecule is Nc1c(F)cccc1C(=O)C1=CCCCCC1. The maximum absolute atomic E-state index is 13.3. The summed E-state index contributed by atoms with van der Waals surface area (Å²) in [7, 11) is 0. The average molecular weight is 233 g/mol. The summed E-state index contributed by atoms with van der Waals surface area (Å²) in [4.78, 5) is 12.2. The lowest BCUT2D eigenvalue weighted by Gasteiger charge is -2.07. The van der Waals surface area contributed by atoms with Crippen molar-refractivity contribution in [3.05, 3.63) is 41.2 Å². The van der Waals surface area contributed by atoms with Crippen molar-refractivity contribution in [1.82, 2.24) is 0 Å². The Labute approximate surface area is 100 Å². The molecule has 0 saturated carbocycles. The van der Waals surface area contributed by atoms with Crippen molar-refractivity contribution in [3.8, 4) is 0 Å². The number of nitrogens with two attached hydrogens (primary N) is 1. The highest BCUT2D eigenvalue weighted by atomic mass is 19.1. The van der Waals surface area contributed by atoms with Crippen molar-refractivity contribution in [2.75, 3.05) is 5.73 Å². The molecule has 0 amide bonds. The molecule has 2 rings (SSSR count). The molecule has 0 atom stereocenters. The van der Waals surface area contributed by atoms with Gasteiger partial charge in [0.1, 0.15) is 5.82 Å². The highest BCUT2D eigenvalue weighted by Gasteiger charge is 2.17. The highest BCUT2D eigenvalue weighted by Crippen LogP contribution is 2.24. The quantitative estimate of drug-likeness (QED) is 0.627. The minimum Gasteiger partial charge on any atom is -0.396 e. The molecule has 1 aliphatic carbocycles. The van der Waals surface area contributed by atoms with Crippen LogP contribution in [0.4, 0.5) is 10.1 Å². The third-order valence-electron chi connectivity index (χ3n) is 3.13. The summed E-state index contributed by atoms with van der Waals surface area (Å²) in [5.74, 6) is -0.644. The molecular formula is C14H16FNO. The van der Waals surface area contributed by atoms with Crippen LogP contribution in [-0.4, -0.2) is 5.78 Å².